The summed E-state index contributed by atoms with van der Waals surface area (Å²) in [6.45, 7) is 3.98. The third kappa shape index (κ3) is 3.53. The molecular weight excluding hydrogens is 102 g/mol. The summed E-state index contributed by atoms with van der Waals surface area (Å²) in [5.41, 5.74) is 1.06. The minimum absolute atomic E-state index is 0.978. The second-order valence-electron chi connectivity index (χ2n) is 1.83. The first-order valence-corrected chi connectivity index (χ1v) is 2.79. The minimum atomic E-state index is 0.978. The summed E-state index contributed by atoms with van der Waals surface area (Å²) in [5.74, 6) is 0. The van der Waals surface area contributed by atoms with Crippen molar-refractivity contribution in [3.63, 3.8) is 0 Å². The summed E-state index contributed by atoms with van der Waals surface area (Å²) in [7, 11) is 0. The van der Waals surface area contributed by atoms with Crippen molar-refractivity contribution in [2.24, 2.45) is 5.18 Å². The van der Waals surface area contributed by atoms with Crippen molar-refractivity contribution in [2.45, 2.75) is 26.7 Å². The van der Waals surface area contributed by atoms with Crippen LogP contribution in [0, 0.1) is 4.91 Å². The van der Waals surface area contributed by atoms with E-state index in [1.807, 2.05) is 6.92 Å². The predicted octanol–water partition coefficient (Wildman–Crippen LogP) is 2.46. The van der Waals surface area contributed by atoms with Gasteiger partial charge in [-0.05, 0) is 18.5 Å². The lowest BCUT2D eigenvalue weighted by molar-refractivity contribution is 0.901. The van der Waals surface area contributed by atoms with Crippen molar-refractivity contribution in [1.29, 1.82) is 0 Å². The Morgan fingerprint density at radius 2 is 2.38 bits per heavy atom. The van der Waals surface area contributed by atoms with Gasteiger partial charge in [-0.1, -0.05) is 18.9 Å². The molecule has 46 valence electrons. The normalized spacial score (nSPS) is 11.5. The molecular formula is C6H11NO. The molecule has 0 bridgehead atoms. The highest BCUT2D eigenvalue weighted by molar-refractivity contribution is 4.95. The molecule has 0 aromatic carbocycles. The van der Waals surface area contributed by atoms with Crippen LogP contribution < -0.4 is 0 Å². The molecule has 0 aliphatic heterocycles. The van der Waals surface area contributed by atoms with E-state index in [4.69, 9.17) is 0 Å². The molecule has 0 amide bonds. The molecule has 0 radical (unpaired) electrons. The first-order chi connectivity index (χ1) is 3.81. The molecule has 2 nitrogen and oxygen atoms in total. The van der Waals surface area contributed by atoms with E-state index in [1.54, 1.807) is 0 Å². The zero-order valence-corrected chi connectivity index (χ0v) is 5.35. The zero-order chi connectivity index (χ0) is 6.41. The smallest absolute Gasteiger partial charge is 0.0704 e. The van der Waals surface area contributed by atoms with Crippen LogP contribution in [0.5, 0.6) is 0 Å². The minimum Gasteiger partial charge on any atom is -0.145 e. The van der Waals surface area contributed by atoms with Crippen LogP contribution in [-0.2, 0) is 0 Å². The molecule has 0 unspecified atom stereocenters. The summed E-state index contributed by atoms with van der Waals surface area (Å²) >= 11 is 0. The van der Waals surface area contributed by atoms with E-state index >= 15 is 0 Å². The number of nitrogens with zero attached hydrogens (tertiary/aromatic N) is 1. The van der Waals surface area contributed by atoms with E-state index in [9.17, 15) is 4.91 Å². The number of nitroso groups, excluding NO2 is 1. The SMILES string of the molecule is CCC/C(C)=C/N=O. The quantitative estimate of drug-likeness (QED) is 0.517. The lowest BCUT2D eigenvalue weighted by Crippen LogP contribution is -1.71. The van der Waals surface area contributed by atoms with Gasteiger partial charge in [0.15, 0.2) is 0 Å². The fourth-order valence-electron chi connectivity index (χ4n) is 0.549. The maximum absolute atomic E-state index is 9.56. The topological polar surface area (TPSA) is 29.4 Å². The highest BCUT2D eigenvalue weighted by atomic mass is 16.2. The fourth-order valence-corrected chi connectivity index (χ4v) is 0.549. The summed E-state index contributed by atoms with van der Waals surface area (Å²) in [4.78, 5) is 9.56. The fraction of sp³-hybridized carbons (Fsp3) is 0.667. The summed E-state index contributed by atoms with van der Waals surface area (Å²) < 4.78 is 0. The first kappa shape index (κ1) is 7.34. The van der Waals surface area contributed by atoms with E-state index in [0.29, 0.717) is 0 Å². The van der Waals surface area contributed by atoms with Crippen molar-refractivity contribution in [1.82, 2.24) is 0 Å². The van der Waals surface area contributed by atoms with E-state index < -0.39 is 0 Å². The molecule has 0 fully saturated rings. The Balaban J connectivity index is 3.44. The van der Waals surface area contributed by atoms with Gasteiger partial charge >= 0.3 is 0 Å². The summed E-state index contributed by atoms with van der Waals surface area (Å²) in [5, 5.41) is 2.64. The van der Waals surface area contributed by atoms with Gasteiger partial charge < -0.3 is 0 Å². The van der Waals surface area contributed by atoms with Gasteiger partial charge in [0.1, 0.15) is 0 Å². The third-order valence-corrected chi connectivity index (χ3v) is 0.917. The predicted molar refractivity (Wildman–Crippen MR) is 34.5 cm³/mol. The molecule has 0 saturated carbocycles. The molecule has 0 aliphatic rings. The van der Waals surface area contributed by atoms with E-state index in [2.05, 4.69) is 12.1 Å². The van der Waals surface area contributed by atoms with Crippen molar-refractivity contribution in [3.05, 3.63) is 16.7 Å². The van der Waals surface area contributed by atoms with Crippen LogP contribution >= 0.6 is 0 Å². The second-order valence-corrected chi connectivity index (χ2v) is 1.83. The van der Waals surface area contributed by atoms with Gasteiger partial charge in [-0.15, -0.1) is 4.91 Å². The van der Waals surface area contributed by atoms with Crippen LogP contribution in [0.2, 0.25) is 0 Å². The number of hydrogen-bond acceptors (Lipinski definition) is 2. The van der Waals surface area contributed by atoms with Gasteiger partial charge in [0.05, 0.1) is 6.20 Å². The number of allylic oxidation sites excluding steroid dienone is 1. The average molecular weight is 113 g/mol. The summed E-state index contributed by atoms with van der Waals surface area (Å²) in [6.07, 6.45) is 3.42. The maximum atomic E-state index is 9.56. The van der Waals surface area contributed by atoms with Crippen molar-refractivity contribution in [2.75, 3.05) is 0 Å². The Kier molecular flexibility index (Phi) is 4.13. The molecule has 0 heterocycles. The number of hydrogen-bond donors (Lipinski definition) is 0. The number of rotatable bonds is 3. The molecule has 0 rings (SSSR count). The molecule has 2 heteroatoms. The molecule has 0 aliphatic carbocycles. The van der Waals surface area contributed by atoms with E-state index in [0.717, 1.165) is 18.4 Å². The lowest BCUT2D eigenvalue weighted by atomic mass is 10.2. The Hall–Kier alpha value is -0.660. The second kappa shape index (κ2) is 4.50. The van der Waals surface area contributed by atoms with E-state index in [1.165, 1.54) is 6.20 Å². The van der Waals surface area contributed by atoms with Crippen LogP contribution in [0.25, 0.3) is 0 Å². The lowest BCUT2D eigenvalue weighted by Gasteiger charge is -1.89. The largest absolute Gasteiger partial charge is 0.145 e. The molecule has 0 spiro atoms. The van der Waals surface area contributed by atoms with E-state index in [-0.39, 0.29) is 0 Å². The Morgan fingerprint density at radius 1 is 1.75 bits per heavy atom. The average Bonchev–Trinajstić information content (AvgIpc) is 1.68. The zero-order valence-electron chi connectivity index (χ0n) is 5.35. The molecule has 0 aromatic rings. The monoisotopic (exact) mass is 113 g/mol. The molecule has 0 saturated heterocycles. The highest BCUT2D eigenvalue weighted by Crippen LogP contribution is 2.01. The standard InChI is InChI=1S/C6H11NO/c1-3-4-6(2)5-7-8/h5H,3-4H2,1-2H3/b6-5+. The van der Waals surface area contributed by atoms with Gasteiger partial charge in [0.25, 0.3) is 0 Å². The Labute approximate surface area is 49.6 Å². The van der Waals surface area contributed by atoms with Gasteiger partial charge in [-0.3, -0.25) is 0 Å². The van der Waals surface area contributed by atoms with Crippen molar-refractivity contribution >= 4 is 0 Å². The van der Waals surface area contributed by atoms with Gasteiger partial charge in [-0.2, -0.15) is 0 Å². The molecule has 0 N–H and O–H groups in total. The van der Waals surface area contributed by atoms with Gasteiger partial charge in [0.2, 0.25) is 0 Å². The third-order valence-electron chi connectivity index (χ3n) is 0.917. The van der Waals surface area contributed by atoms with Crippen LogP contribution in [-0.4, -0.2) is 0 Å². The van der Waals surface area contributed by atoms with Gasteiger partial charge in [-0.25, -0.2) is 0 Å². The van der Waals surface area contributed by atoms with Crippen molar-refractivity contribution < 1.29 is 0 Å². The molecule has 0 atom stereocenters. The first-order valence-electron chi connectivity index (χ1n) is 2.79. The molecule has 0 aromatic heterocycles. The molecule has 8 heavy (non-hydrogen) atoms. The van der Waals surface area contributed by atoms with Crippen LogP contribution in [0.1, 0.15) is 26.7 Å². The Bertz CT molecular complexity index is 96.7. The van der Waals surface area contributed by atoms with Crippen LogP contribution in [0.15, 0.2) is 16.9 Å². The van der Waals surface area contributed by atoms with Gasteiger partial charge in [0, 0.05) is 0 Å². The van der Waals surface area contributed by atoms with Crippen LogP contribution in [0.3, 0.4) is 0 Å². The maximum Gasteiger partial charge on any atom is 0.0704 e. The highest BCUT2D eigenvalue weighted by Gasteiger charge is 1.83. The Morgan fingerprint density at radius 3 is 2.75 bits per heavy atom. The van der Waals surface area contributed by atoms with Crippen molar-refractivity contribution in [3.8, 4) is 0 Å². The summed E-state index contributed by atoms with van der Waals surface area (Å²) in [6, 6.07) is 0. The van der Waals surface area contributed by atoms with Crippen LogP contribution in [0.4, 0.5) is 0 Å².